The van der Waals surface area contributed by atoms with Gasteiger partial charge < -0.3 is 10.4 Å². The highest BCUT2D eigenvalue weighted by atomic mass is 16.4. The monoisotopic (exact) mass is 223 g/mol. The van der Waals surface area contributed by atoms with Crippen molar-refractivity contribution in [2.45, 2.75) is 27.2 Å². The number of carbonyl (C=O) groups is 2. The summed E-state index contributed by atoms with van der Waals surface area (Å²) >= 11 is 0. The summed E-state index contributed by atoms with van der Waals surface area (Å²) in [6.07, 6.45) is 0.604. The summed E-state index contributed by atoms with van der Waals surface area (Å²) in [4.78, 5) is 22.5. The van der Waals surface area contributed by atoms with E-state index in [9.17, 15) is 9.59 Å². The molecule has 2 N–H and O–H groups in total. The first kappa shape index (κ1) is 12.6. The summed E-state index contributed by atoms with van der Waals surface area (Å²) in [6, 6.07) is 0. The normalized spacial score (nSPS) is 25.2. The number of rotatable bonds is 4. The predicted molar refractivity (Wildman–Crippen MR) is 59.5 cm³/mol. The van der Waals surface area contributed by atoms with Gasteiger partial charge in [0.2, 0.25) is 5.91 Å². The van der Waals surface area contributed by atoms with E-state index in [2.05, 4.69) is 17.2 Å². The number of nitrogens with one attached hydrogen (secondary N) is 1. The van der Waals surface area contributed by atoms with Crippen molar-refractivity contribution in [3.63, 3.8) is 0 Å². The van der Waals surface area contributed by atoms with Gasteiger partial charge in [-0.25, -0.2) is 0 Å². The van der Waals surface area contributed by atoms with Crippen LogP contribution in [-0.4, -0.2) is 23.5 Å². The van der Waals surface area contributed by atoms with Gasteiger partial charge in [0.05, 0.1) is 11.8 Å². The van der Waals surface area contributed by atoms with Gasteiger partial charge >= 0.3 is 5.97 Å². The van der Waals surface area contributed by atoms with E-state index in [0.717, 1.165) is 0 Å². The Hall–Kier alpha value is -1.50. The van der Waals surface area contributed by atoms with Crippen LogP contribution < -0.4 is 5.32 Å². The predicted octanol–water partition coefficient (Wildman–Crippen LogP) is 0.873. The fourth-order valence-corrected chi connectivity index (χ4v) is 2.07. The lowest BCUT2D eigenvalue weighted by Gasteiger charge is -2.03. The van der Waals surface area contributed by atoms with Crippen LogP contribution in [0.5, 0.6) is 0 Å². The van der Waals surface area contributed by atoms with Gasteiger partial charge in [0.1, 0.15) is 0 Å². The van der Waals surface area contributed by atoms with Gasteiger partial charge in [0, 0.05) is 13.0 Å². The third-order valence-corrected chi connectivity index (χ3v) is 3.10. The Balaban J connectivity index is 2.44. The Morgan fingerprint density at radius 2 is 2.00 bits per heavy atom. The van der Waals surface area contributed by atoms with E-state index in [0.29, 0.717) is 13.0 Å². The first-order valence-corrected chi connectivity index (χ1v) is 5.33. The highest BCUT2D eigenvalue weighted by Gasteiger charge is 2.65. The average molecular weight is 223 g/mol. The second-order valence-electron chi connectivity index (χ2n) is 4.58. The van der Waals surface area contributed by atoms with Gasteiger partial charge in [-0.05, 0) is 12.3 Å². The Morgan fingerprint density at radius 3 is 2.44 bits per heavy atom. The van der Waals surface area contributed by atoms with Crippen LogP contribution in [0.3, 0.4) is 0 Å². The Morgan fingerprint density at radius 1 is 1.38 bits per heavy atom. The molecule has 0 radical (unpaired) electrons. The zero-order valence-electron chi connectivity index (χ0n) is 9.83. The molecule has 0 bridgehead atoms. The van der Waals surface area contributed by atoms with Gasteiger partial charge in [0.25, 0.3) is 0 Å². The van der Waals surface area contributed by atoms with Gasteiger partial charge in [-0.1, -0.05) is 13.8 Å². The highest BCUT2D eigenvalue weighted by molar-refractivity contribution is 5.91. The molecule has 1 aliphatic rings. The maximum Gasteiger partial charge on any atom is 0.307 e. The summed E-state index contributed by atoms with van der Waals surface area (Å²) in [5.41, 5.74) is -0.424. The molecule has 2 unspecified atom stereocenters. The molecule has 0 heterocycles. The molecular weight excluding hydrogens is 206 g/mol. The molecule has 1 fully saturated rings. The molecule has 0 aliphatic heterocycles. The third-order valence-electron chi connectivity index (χ3n) is 3.10. The maximum absolute atomic E-state index is 11.7. The summed E-state index contributed by atoms with van der Waals surface area (Å²) in [5.74, 6) is 3.56. The number of hydrogen-bond acceptors (Lipinski definition) is 2. The van der Waals surface area contributed by atoms with E-state index in [4.69, 9.17) is 5.11 Å². The summed E-state index contributed by atoms with van der Waals surface area (Å²) < 4.78 is 0. The molecule has 1 rings (SSSR count). The number of aliphatic carboxylic acids is 1. The summed E-state index contributed by atoms with van der Waals surface area (Å²) in [6.45, 7) is 5.84. The fraction of sp³-hybridized carbons (Fsp3) is 0.667. The molecule has 1 aliphatic carbocycles. The van der Waals surface area contributed by atoms with E-state index in [-0.39, 0.29) is 5.91 Å². The van der Waals surface area contributed by atoms with Crippen molar-refractivity contribution >= 4 is 11.9 Å². The fourth-order valence-electron chi connectivity index (χ4n) is 2.07. The molecular formula is C12H17NO3. The zero-order chi connectivity index (χ0) is 12.3. The lowest BCUT2D eigenvalue weighted by molar-refractivity contribution is -0.140. The minimum atomic E-state index is -0.890. The second-order valence-corrected chi connectivity index (χ2v) is 4.58. The Kier molecular flexibility index (Phi) is 3.58. The number of carbonyl (C=O) groups excluding carboxylic acids is 1. The lowest BCUT2D eigenvalue weighted by Crippen LogP contribution is -2.28. The van der Waals surface area contributed by atoms with Gasteiger partial charge in [-0.3, -0.25) is 9.59 Å². The van der Waals surface area contributed by atoms with Crippen molar-refractivity contribution in [3.8, 4) is 11.8 Å². The third kappa shape index (κ3) is 2.35. The van der Waals surface area contributed by atoms with Crippen molar-refractivity contribution in [1.82, 2.24) is 5.32 Å². The molecule has 0 aromatic heterocycles. The maximum atomic E-state index is 11.7. The molecule has 88 valence electrons. The van der Waals surface area contributed by atoms with Crippen molar-refractivity contribution in [2.24, 2.45) is 17.3 Å². The van der Waals surface area contributed by atoms with E-state index < -0.39 is 23.2 Å². The van der Waals surface area contributed by atoms with Gasteiger partial charge in [-0.15, -0.1) is 11.8 Å². The minimum absolute atomic E-state index is 0.171. The van der Waals surface area contributed by atoms with Crippen LogP contribution in [0.4, 0.5) is 0 Å². The molecule has 0 aromatic carbocycles. The van der Waals surface area contributed by atoms with Gasteiger partial charge in [-0.2, -0.15) is 0 Å². The number of hydrogen-bond donors (Lipinski definition) is 2. The van der Waals surface area contributed by atoms with E-state index in [1.807, 2.05) is 13.8 Å². The van der Waals surface area contributed by atoms with Crippen LogP contribution >= 0.6 is 0 Å². The minimum Gasteiger partial charge on any atom is -0.481 e. The Labute approximate surface area is 95.4 Å². The van der Waals surface area contributed by atoms with Gasteiger partial charge in [0.15, 0.2) is 0 Å². The highest BCUT2D eigenvalue weighted by Crippen LogP contribution is 2.58. The number of carboxylic acids is 1. The first-order valence-electron chi connectivity index (χ1n) is 5.33. The van der Waals surface area contributed by atoms with Crippen LogP contribution in [-0.2, 0) is 9.59 Å². The van der Waals surface area contributed by atoms with E-state index in [1.54, 1.807) is 6.92 Å². The number of carboxylic acid groups (broad SMARTS) is 1. The average Bonchev–Trinajstić information content (AvgIpc) is 2.76. The lowest BCUT2D eigenvalue weighted by atomic mass is 10.1. The molecule has 16 heavy (non-hydrogen) atoms. The molecule has 2 atom stereocenters. The van der Waals surface area contributed by atoms with Crippen LogP contribution in [0.2, 0.25) is 0 Å². The topological polar surface area (TPSA) is 66.4 Å². The molecule has 0 aromatic rings. The smallest absolute Gasteiger partial charge is 0.307 e. The zero-order valence-corrected chi connectivity index (χ0v) is 9.83. The summed E-state index contributed by atoms with van der Waals surface area (Å²) in [7, 11) is 0. The molecule has 1 saturated carbocycles. The molecule has 4 heteroatoms. The van der Waals surface area contributed by atoms with Crippen LogP contribution in [0.1, 0.15) is 27.2 Å². The largest absolute Gasteiger partial charge is 0.481 e. The van der Waals surface area contributed by atoms with E-state index >= 15 is 0 Å². The van der Waals surface area contributed by atoms with Crippen LogP contribution in [0, 0.1) is 29.1 Å². The molecule has 0 saturated heterocycles. The number of amides is 1. The molecule has 4 nitrogen and oxygen atoms in total. The molecule has 1 amide bonds. The van der Waals surface area contributed by atoms with Crippen molar-refractivity contribution in [3.05, 3.63) is 0 Å². The summed E-state index contributed by atoms with van der Waals surface area (Å²) in [5, 5.41) is 11.6. The van der Waals surface area contributed by atoms with Crippen molar-refractivity contribution in [2.75, 3.05) is 6.54 Å². The molecule has 0 spiro atoms. The quantitative estimate of drug-likeness (QED) is 0.549. The standard InChI is InChI=1S/C12H17NO3/c1-4-5-6-7-13-10(14)8-9(11(15)16)12(8,2)3/h8-9H,6-7H2,1-3H3,(H,13,14)(H,15,16). The Bertz CT molecular complexity index is 362. The van der Waals surface area contributed by atoms with Crippen LogP contribution in [0.15, 0.2) is 0 Å². The van der Waals surface area contributed by atoms with Crippen molar-refractivity contribution in [1.29, 1.82) is 0 Å². The van der Waals surface area contributed by atoms with E-state index in [1.165, 1.54) is 0 Å². The second kappa shape index (κ2) is 4.56. The SMILES string of the molecule is CC#CCCNC(=O)C1C(C(=O)O)C1(C)C. The first-order chi connectivity index (χ1) is 7.42. The van der Waals surface area contributed by atoms with Crippen LogP contribution in [0.25, 0.3) is 0 Å². The van der Waals surface area contributed by atoms with Crippen molar-refractivity contribution < 1.29 is 14.7 Å².